The normalized spacial score (nSPS) is 20.5. The Morgan fingerprint density at radius 2 is 1.62 bits per heavy atom. The Labute approximate surface area is 80.7 Å². The van der Waals surface area contributed by atoms with Gasteiger partial charge >= 0.3 is 0 Å². The van der Waals surface area contributed by atoms with Gasteiger partial charge in [-0.2, -0.15) is 0 Å². The lowest BCUT2D eigenvalue weighted by molar-refractivity contribution is -0.140. The van der Waals surface area contributed by atoms with Gasteiger partial charge in [0.15, 0.2) is 0 Å². The third kappa shape index (κ3) is 2.69. The zero-order chi connectivity index (χ0) is 10.1. The van der Waals surface area contributed by atoms with Crippen molar-refractivity contribution in [2.45, 2.75) is 20.8 Å². The molecule has 3 nitrogen and oxygen atoms in total. The fourth-order valence-electron chi connectivity index (χ4n) is 1.43. The molecule has 1 rings (SSSR count). The van der Waals surface area contributed by atoms with E-state index in [1.807, 2.05) is 30.6 Å². The molecule has 13 heavy (non-hydrogen) atoms. The zero-order valence-electron chi connectivity index (χ0n) is 8.84. The summed E-state index contributed by atoms with van der Waals surface area (Å²) in [5.41, 5.74) is -0.247. The Morgan fingerprint density at radius 1 is 1.15 bits per heavy atom. The molecule has 0 atom stereocenters. The minimum absolute atomic E-state index is 0.247. The second-order valence-corrected chi connectivity index (χ2v) is 4.66. The molecule has 0 aromatic rings. The topological polar surface area (TPSA) is 23.6 Å². The highest BCUT2D eigenvalue weighted by Crippen LogP contribution is 2.18. The Kier molecular flexibility index (Phi) is 2.96. The lowest BCUT2D eigenvalue weighted by Gasteiger charge is -2.35. The number of hydrogen-bond acceptors (Lipinski definition) is 2. The van der Waals surface area contributed by atoms with Crippen LogP contribution in [-0.4, -0.2) is 41.9 Å². The van der Waals surface area contributed by atoms with Crippen molar-refractivity contribution in [1.82, 2.24) is 9.80 Å². The van der Waals surface area contributed by atoms with Crippen molar-refractivity contribution >= 4 is 5.91 Å². The molecule has 1 aliphatic heterocycles. The molecule has 1 saturated heterocycles. The van der Waals surface area contributed by atoms with Crippen molar-refractivity contribution < 1.29 is 4.79 Å². The van der Waals surface area contributed by atoms with E-state index in [1.54, 1.807) is 0 Å². The van der Waals surface area contributed by atoms with Gasteiger partial charge in [0.05, 0.1) is 0 Å². The second kappa shape index (κ2) is 3.66. The summed E-state index contributed by atoms with van der Waals surface area (Å²) in [5.74, 6) is 0.251. The van der Waals surface area contributed by atoms with Crippen LogP contribution >= 0.6 is 0 Å². The van der Waals surface area contributed by atoms with Gasteiger partial charge in [0, 0.05) is 38.6 Å². The molecule has 0 aromatic carbocycles. The van der Waals surface area contributed by atoms with Gasteiger partial charge in [-0.15, -0.1) is 0 Å². The number of piperazine rings is 1. The van der Waals surface area contributed by atoms with Crippen LogP contribution < -0.4 is 0 Å². The van der Waals surface area contributed by atoms with E-state index in [0.29, 0.717) is 0 Å². The molecular weight excluding hydrogens is 164 g/mol. The molecule has 1 radical (unpaired) electrons. The molecule has 0 spiro atoms. The highest BCUT2D eigenvalue weighted by Gasteiger charge is 2.28. The van der Waals surface area contributed by atoms with E-state index >= 15 is 0 Å². The van der Waals surface area contributed by atoms with Crippen molar-refractivity contribution in [3.63, 3.8) is 0 Å². The molecule has 0 saturated carbocycles. The van der Waals surface area contributed by atoms with E-state index in [1.165, 1.54) is 0 Å². The van der Waals surface area contributed by atoms with Crippen molar-refractivity contribution in [1.29, 1.82) is 0 Å². The Morgan fingerprint density at radius 3 is 2.00 bits per heavy atom. The molecule has 0 N–H and O–H groups in total. The number of amides is 1. The van der Waals surface area contributed by atoms with Crippen molar-refractivity contribution in [3.8, 4) is 0 Å². The van der Waals surface area contributed by atoms with Crippen LogP contribution in [0.5, 0.6) is 0 Å². The molecule has 0 unspecified atom stereocenters. The molecule has 3 heteroatoms. The second-order valence-electron chi connectivity index (χ2n) is 4.66. The van der Waals surface area contributed by atoms with E-state index in [-0.39, 0.29) is 11.3 Å². The molecule has 1 heterocycles. The predicted octanol–water partition coefficient (Wildman–Crippen LogP) is 0.968. The molecule has 1 amide bonds. The first-order chi connectivity index (χ1) is 5.91. The van der Waals surface area contributed by atoms with Crippen LogP contribution in [0.4, 0.5) is 0 Å². The standard InChI is InChI=1S/C10H19N2O/c1-10(2,3)9(13)12-7-5-11(4)6-8-12/h4-8H2,1-3H3. The van der Waals surface area contributed by atoms with Gasteiger partial charge in [-0.3, -0.25) is 9.69 Å². The molecule has 0 aliphatic carbocycles. The summed E-state index contributed by atoms with van der Waals surface area (Å²) in [6.45, 7) is 9.31. The van der Waals surface area contributed by atoms with Crippen LogP contribution in [0.2, 0.25) is 0 Å². The van der Waals surface area contributed by atoms with E-state index in [4.69, 9.17) is 0 Å². The smallest absolute Gasteiger partial charge is 0.228 e. The monoisotopic (exact) mass is 183 g/mol. The first-order valence-corrected chi connectivity index (χ1v) is 4.76. The maximum atomic E-state index is 11.8. The highest BCUT2D eigenvalue weighted by molar-refractivity contribution is 5.81. The zero-order valence-corrected chi connectivity index (χ0v) is 8.84. The van der Waals surface area contributed by atoms with Gasteiger partial charge in [-0.25, -0.2) is 0 Å². The Balaban J connectivity index is 2.50. The van der Waals surface area contributed by atoms with Crippen molar-refractivity contribution in [2.24, 2.45) is 5.41 Å². The van der Waals surface area contributed by atoms with Crippen LogP contribution in [0.3, 0.4) is 0 Å². The summed E-state index contributed by atoms with van der Waals surface area (Å²) >= 11 is 0. The summed E-state index contributed by atoms with van der Waals surface area (Å²) in [7, 11) is 3.85. The van der Waals surface area contributed by atoms with Gasteiger partial charge < -0.3 is 4.90 Å². The number of rotatable bonds is 0. The van der Waals surface area contributed by atoms with Crippen LogP contribution in [0.25, 0.3) is 0 Å². The third-order valence-corrected chi connectivity index (χ3v) is 2.30. The molecular formula is C10H19N2O. The van der Waals surface area contributed by atoms with Crippen LogP contribution in [-0.2, 0) is 4.79 Å². The predicted molar refractivity (Wildman–Crippen MR) is 53.0 cm³/mol. The number of hydrogen-bond donors (Lipinski definition) is 0. The quantitative estimate of drug-likeness (QED) is 0.558. The summed E-state index contributed by atoms with van der Waals surface area (Å²) in [6, 6.07) is 0. The first kappa shape index (κ1) is 10.5. The minimum Gasteiger partial charge on any atom is -0.340 e. The van der Waals surface area contributed by atoms with Gasteiger partial charge in [-0.05, 0) is 0 Å². The third-order valence-electron chi connectivity index (χ3n) is 2.30. The van der Waals surface area contributed by atoms with Crippen LogP contribution in [0.1, 0.15) is 20.8 Å². The Bertz CT molecular complexity index is 188. The molecule has 75 valence electrons. The fraction of sp³-hybridized carbons (Fsp3) is 0.800. The number of carbonyl (C=O) groups is 1. The molecule has 1 aliphatic rings. The van der Waals surface area contributed by atoms with E-state index in [2.05, 4.69) is 7.05 Å². The maximum absolute atomic E-state index is 11.8. The number of nitrogens with zero attached hydrogens (tertiary/aromatic N) is 2. The average Bonchev–Trinajstić information content (AvgIpc) is 2.03. The lowest BCUT2D eigenvalue weighted by Crippen LogP contribution is -2.49. The molecule has 1 fully saturated rings. The van der Waals surface area contributed by atoms with Gasteiger partial charge in [-0.1, -0.05) is 20.8 Å². The maximum Gasteiger partial charge on any atom is 0.228 e. The van der Waals surface area contributed by atoms with E-state index in [0.717, 1.165) is 26.2 Å². The van der Waals surface area contributed by atoms with Gasteiger partial charge in [0.25, 0.3) is 0 Å². The average molecular weight is 183 g/mol. The Hall–Kier alpha value is -0.570. The molecule has 0 bridgehead atoms. The summed E-state index contributed by atoms with van der Waals surface area (Å²) in [5, 5.41) is 0. The van der Waals surface area contributed by atoms with Crippen LogP contribution in [0.15, 0.2) is 0 Å². The highest BCUT2D eigenvalue weighted by atomic mass is 16.2. The minimum atomic E-state index is -0.247. The summed E-state index contributed by atoms with van der Waals surface area (Å²) < 4.78 is 0. The van der Waals surface area contributed by atoms with Crippen molar-refractivity contribution in [2.75, 3.05) is 26.2 Å². The van der Waals surface area contributed by atoms with Crippen molar-refractivity contribution in [3.05, 3.63) is 7.05 Å². The molecule has 0 aromatic heterocycles. The summed E-state index contributed by atoms with van der Waals surface area (Å²) in [6.07, 6.45) is 0. The number of carbonyl (C=O) groups excluding carboxylic acids is 1. The lowest BCUT2D eigenvalue weighted by atomic mass is 9.94. The first-order valence-electron chi connectivity index (χ1n) is 4.76. The SMILES string of the molecule is [CH2]N1CCN(C(=O)C(C)(C)C)CC1. The largest absolute Gasteiger partial charge is 0.340 e. The van der Waals surface area contributed by atoms with Crippen LogP contribution in [0, 0.1) is 12.5 Å². The fourth-order valence-corrected chi connectivity index (χ4v) is 1.43. The van der Waals surface area contributed by atoms with E-state index in [9.17, 15) is 4.79 Å². The summed E-state index contributed by atoms with van der Waals surface area (Å²) in [4.78, 5) is 15.8. The van der Waals surface area contributed by atoms with E-state index < -0.39 is 0 Å². The van der Waals surface area contributed by atoms with Gasteiger partial charge in [0.2, 0.25) is 5.91 Å². The van der Waals surface area contributed by atoms with Gasteiger partial charge in [0.1, 0.15) is 0 Å².